The molecule has 3 aromatic rings. The van der Waals surface area contributed by atoms with E-state index in [0.29, 0.717) is 0 Å². The van der Waals surface area contributed by atoms with Crippen LogP contribution in [0.2, 0.25) is 0 Å². The third kappa shape index (κ3) is 4.87. The number of nitrogens with zero attached hydrogens (tertiary/aromatic N) is 5. The molecule has 1 saturated heterocycles. The van der Waals surface area contributed by atoms with Gasteiger partial charge in [-0.2, -0.15) is 13.2 Å². The molecule has 1 amide bonds. The summed E-state index contributed by atoms with van der Waals surface area (Å²) in [7, 11) is 0. The van der Waals surface area contributed by atoms with Gasteiger partial charge in [0.1, 0.15) is 0 Å². The molecular weight excluding hydrogens is 411 g/mol. The average molecular weight is 429 g/mol. The van der Waals surface area contributed by atoms with Gasteiger partial charge in [-0.1, -0.05) is 12.1 Å². The van der Waals surface area contributed by atoms with Crippen LogP contribution in [0.3, 0.4) is 0 Å². The van der Waals surface area contributed by atoms with E-state index in [4.69, 9.17) is 0 Å². The minimum absolute atomic E-state index is 0.129. The van der Waals surface area contributed by atoms with Gasteiger partial charge in [-0.3, -0.25) is 15.6 Å². The largest absolute Gasteiger partial charge is 0.416 e. The lowest BCUT2D eigenvalue weighted by molar-refractivity contribution is -0.137. The SMILES string of the molecule is O=C(NNc1ccc(-c2cccc(C(F)(F)F)c2)nn1)c1ccc(N2CCCC2)nn1. The summed E-state index contributed by atoms with van der Waals surface area (Å²) < 4.78 is 38.6. The van der Waals surface area contributed by atoms with E-state index in [2.05, 4.69) is 36.1 Å². The molecule has 2 aromatic heterocycles. The van der Waals surface area contributed by atoms with E-state index >= 15 is 0 Å². The van der Waals surface area contributed by atoms with Gasteiger partial charge in [0.2, 0.25) is 0 Å². The molecular formula is C20H18F3N7O. The van der Waals surface area contributed by atoms with Crippen LogP contribution in [-0.4, -0.2) is 39.4 Å². The summed E-state index contributed by atoms with van der Waals surface area (Å²) in [4.78, 5) is 14.3. The zero-order valence-corrected chi connectivity index (χ0v) is 16.2. The maximum absolute atomic E-state index is 12.9. The molecule has 11 heteroatoms. The van der Waals surface area contributed by atoms with E-state index in [1.54, 1.807) is 12.1 Å². The van der Waals surface area contributed by atoms with E-state index in [1.807, 2.05) is 0 Å². The minimum atomic E-state index is -4.44. The van der Waals surface area contributed by atoms with E-state index < -0.39 is 17.6 Å². The number of aromatic nitrogens is 4. The second-order valence-corrected chi connectivity index (χ2v) is 6.93. The summed E-state index contributed by atoms with van der Waals surface area (Å²) in [5.41, 5.74) is 4.95. The predicted octanol–water partition coefficient (Wildman–Crippen LogP) is 3.31. The standard InChI is InChI=1S/C20H18F3N7O/c21-20(22,23)14-5-3-4-13(12-14)15-6-8-17(26-24-15)27-29-19(31)16-7-9-18(28-25-16)30-10-1-2-11-30/h3-9,12H,1-2,10-11H2,(H,26,27)(H,29,31). The van der Waals surface area contributed by atoms with Crippen LogP contribution in [-0.2, 0) is 6.18 Å². The quantitative estimate of drug-likeness (QED) is 0.601. The lowest BCUT2D eigenvalue weighted by Gasteiger charge is -2.15. The maximum Gasteiger partial charge on any atom is 0.416 e. The first-order valence-corrected chi connectivity index (χ1v) is 9.56. The van der Waals surface area contributed by atoms with Crippen LogP contribution in [0.15, 0.2) is 48.5 Å². The highest BCUT2D eigenvalue weighted by atomic mass is 19.4. The molecule has 31 heavy (non-hydrogen) atoms. The van der Waals surface area contributed by atoms with Crippen LogP contribution >= 0.6 is 0 Å². The highest BCUT2D eigenvalue weighted by Gasteiger charge is 2.30. The van der Waals surface area contributed by atoms with Gasteiger partial charge in [0, 0.05) is 18.7 Å². The van der Waals surface area contributed by atoms with Crippen LogP contribution < -0.4 is 15.8 Å². The highest BCUT2D eigenvalue weighted by Crippen LogP contribution is 2.31. The Morgan fingerprint density at radius 2 is 1.74 bits per heavy atom. The number of carbonyl (C=O) groups is 1. The fourth-order valence-electron chi connectivity index (χ4n) is 3.15. The van der Waals surface area contributed by atoms with Gasteiger partial charge < -0.3 is 4.90 Å². The van der Waals surface area contributed by atoms with E-state index in [1.165, 1.54) is 24.3 Å². The molecule has 4 rings (SSSR count). The second-order valence-electron chi connectivity index (χ2n) is 6.93. The van der Waals surface area contributed by atoms with E-state index in [9.17, 15) is 18.0 Å². The molecule has 0 saturated carbocycles. The molecule has 3 heterocycles. The van der Waals surface area contributed by atoms with Crippen LogP contribution in [0, 0.1) is 0 Å². The summed E-state index contributed by atoms with van der Waals surface area (Å²) >= 11 is 0. The van der Waals surface area contributed by atoms with Crippen molar-refractivity contribution in [2.24, 2.45) is 0 Å². The number of hydrazine groups is 1. The number of rotatable bonds is 5. The molecule has 2 N–H and O–H groups in total. The summed E-state index contributed by atoms with van der Waals surface area (Å²) in [5, 5.41) is 15.8. The lowest BCUT2D eigenvalue weighted by Crippen LogP contribution is -2.31. The highest BCUT2D eigenvalue weighted by molar-refractivity contribution is 5.92. The van der Waals surface area contributed by atoms with Crippen molar-refractivity contribution in [2.75, 3.05) is 23.4 Å². The Morgan fingerprint density at radius 1 is 0.935 bits per heavy atom. The van der Waals surface area contributed by atoms with Crippen molar-refractivity contribution in [1.82, 2.24) is 25.8 Å². The molecule has 160 valence electrons. The molecule has 1 aromatic carbocycles. The van der Waals surface area contributed by atoms with Gasteiger partial charge >= 0.3 is 6.18 Å². The van der Waals surface area contributed by atoms with Crippen LogP contribution in [0.25, 0.3) is 11.3 Å². The van der Waals surface area contributed by atoms with Crippen LogP contribution in [0.1, 0.15) is 28.9 Å². The van der Waals surface area contributed by atoms with Crippen molar-refractivity contribution in [2.45, 2.75) is 19.0 Å². The van der Waals surface area contributed by atoms with E-state index in [-0.39, 0.29) is 22.8 Å². The Balaban J connectivity index is 1.36. The second kappa shape index (κ2) is 8.54. The number of benzene rings is 1. The molecule has 1 aliphatic rings. The third-order valence-electron chi connectivity index (χ3n) is 4.77. The van der Waals surface area contributed by atoms with Crippen molar-refractivity contribution in [3.8, 4) is 11.3 Å². The molecule has 0 unspecified atom stereocenters. The van der Waals surface area contributed by atoms with Crippen molar-refractivity contribution in [1.29, 1.82) is 0 Å². The number of carbonyl (C=O) groups excluding carboxylic acids is 1. The van der Waals surface area contributed by atoms with Gasteiger partial charge in [-0.05, 0) is 49.2 Å². The third-order valence-corrected chi connectivity index (χ3v) is 4.77. The Hall–Kier alpha value is -3.76. The monoisotopic (exact) mass is 429 g/mol. The van der Waals surface area contributed by atoms with Crippen molar-refractivity contribution < 1.29 is 18.0 Å². The minimum Gasteiger partial charge on any atom is -0.355 e. The fraction of sp³-hybridized carbons (Fsp3) is 0.250. The molecule has 0 atom stereocenters. The normalized spacial score (nSPS) is 13.8. The lowest BCUT2D eigenvalue weighted by atomic mass is 10.1. The number of hydrogen-bond donors (Lipinski definition) is 2. The number of alkyl halides is 3. The van der Waals surface area contributed by atoms with Crippen molar-refractivity contribution >= 4 is 17.5 Å². The van der Waals surface area contributed by atoms with Crippen LogP contribution in [0.4, 0.5) is 24.8 Å². The zero-order valence-electron chi connectivity index (χ0n) is 16.2. The molecule has 0 spiro atoms. The van der Waals surface area contributed by atoms with Gasteiger partial charge in [-0.15, -0.1) is 20.4 Å². The first kappa shape index (κ1) is 20.5. The predicted molar refractivity (Wildman–Crippen MR) is 107 cm³/mol. The maximum atomic E-state index is 12.9. The number of halogens is 3. The first-order valence-electron chi connectivity index (χ1n) is 9.56. The number of nitrogens with one attached hydrogen (secondary N) is 2. The summed E-state index contributed by atoms with van der Waals surface area (Å²) in [6, 6.07) is 11.1. The summed E-state index contributed by atoms with van der Waals surface area (Å²) in [6.07, 6.45) is -2.21. The smallest absolute Gasteiger partial charge is 0.355 e. The Kier molecular flexibility index (Phi) is 5.65. The molecule has 1 aliphatic heterocycles. The van der Waals surface area contributed by atoms with Crippen molar-refractivity contribution in [3.63, 3.8) is 0 Å². The van der Waals surface area contributed by atoms with Gasteiger partial charge in [0.05, 0.1) is 11.3 Å². The average Bonchev–Trinajstić information content (AvgIpc) is 3.32. The molecule has 8 nitrogen and oxygen atoms in total. The van der Waals surface area contributed by atoms with Gasteiger partial charge in [0.15, 0.2) is 17.3 Å². The summed E-state index contributed by atoms with van der Waals surface area (Å²) in [6.45, 7) is 1.86. The van der Waals surface area contributed by atoms with Gasteiger partial charge in [0.25, 0.3) is 5.91 Å². The van der Waals surface area contributed by atoms with E-state index in [0.717, 1.165) is 43.9 Å². The Morgan fingerprint density at radius 3 is 2.39 bits per heavy atom. The topological polar surface area (TPSA) is 95.9 Å². The first-order chi connectivity index (χ1) is 14.9. The molecule has 1 fully saturated rings. The summed E-state index contributed by atoms with van der Waals surface area (Å²) in [5.74, 6) is 0.438. The molecule has 0 radical (unpaired) electrons. The molecule has 0 aliphatic carbocycles. The fourth-order valence-corrected chi connectivity index (χ4v) is 3.15. The Labute approximate surface area is 175 Å². The van der Waals surface area contributed by atoms with Crippen molar-refractivity contribution in [3.05, 3.63) is 59.8 Å². The molecule has 0 bridgehead atoms. The zero-order chi connectivity index (χ0) is 21.8. The number of amides is 1. The number of anilines is 2. The number of hydrogen-bond acceptors (Lipinski definition) is 7. The Bertz CT molecular complexity index is 1050. The van der Waals surface area contributed by atoms with Gasteiger partial charge in [-0.25, -0.2) is 0 Å². The van der Waals surface area contributed by atoms with Crippen LogP contribution in [0.5, 0.6) is 0 Å².